The second-order valence-corrected chi connectivity index (χ2v) is 12.3. The minimum Gasteiger partial charge on any atom is -0.481 e. The van der Waals surface area contributed by atoms with E-state index in [1.165, 1.54) is 37.8 Å². The number of ether oxygens (including phenoxy) is 1. The molecule has 2 saturated carbocycles. The van der Waals surface area contributed by atoms with Crippen LogP contribution in [0.15, 0.2) is 30.5 Å². The van der Waals surface area contributed by atoms with Crippen LogP contribution in [0.1, 0.15) is 81.6 Å². The van der Waals surface area contributed by atoms with Gasteiger partial charge in [0.25, 0.3) is 0 Å². The number of fused-ring (bicyclic) bond motifs is 1. The minimum atomic E-state index is -0.661. The summed E-state index contributed by atoms with van der Waals surface area (Å²) in [4.78, 5) is 19.5. The molecule has 0 bridgehead atoms. The van der Waals surface area contributed by atoms with Crippen molar-refractivity contribution in [2.45, 2.75) is 82.1 Å². The fraction of sp³-hybridized carbons (Fsp3) is 0.621. The number of benzene rings is 1. The average Bonchev–Trinajstić information content (AvgIpc) is 3.54. The van der Waals surface area contributed by atoms with Crippen LogP contribution in [-0.2, 0) is 9.53 Å². The van der Waals surface area contributed by atoms with Crippen LogP contribution in [-0.4, -0.2) is 51.5 Å². The van der Waals surface area contributed by atoms with Crippen molar-refractivity contribution in [1.29, 1.82) is 0 Å². The highest BCUT2D eigenvalue weighted by Gasteiger charge is 2.42. The van der Waals surface area contributed by atoms with Crippen LogP contribution in [0.2, 0.25) is 0 Å². The standard InChI is InChI=1S/C29H38N4O3S/c1-36-29(23-5-3-2-4-6-23)15-17-32(18-16-29)24-13-11-20(12-14-24)25-19-33-28(30-25)37-26(31-33)21-7-9-22(10-8-21)27(34)35/h11-14,19,21-23H,2-10,15-18H2,1H3,(H,34,35). The second kappa shape index (κ2) is 10.4. The quantitative estimate of drug-likeness (QED) is 0.405. The molecule has 3 aliphatic rings. The maximum absolute atomic E-state index is 11.2. The summed E-state index contributed by atoms with van der Waals surface area (Å²) in [6.07, 6.45) is 14.3. The Labute approximate surface area is 222 Å². The number of rotatable bonds is 6. The first kappa shape index (κ1) is 24.9. The van der Waals surface area contributed by atoms with Gasteiger partial charge >= 0.3 is 5.97 Å². The number of carboxylic acids is 1. The predicted molar refractivity (Wildman–Crippen MR) is 146 cm³/mol. The maximum atomic E-state index is 11.2. The zero-order valence-corrected chi connectivity index (χ0v) is 22.6. The summed E-state index contributed by atoms with van der Waals surface area (Å²) in [6, 6.07) is 8.80. The Morgan fingerprint density at radius 3 is 2.35 bits per heavy atom. The van der Waals surface area contributed by atoms with Crippen LogP contribution in [0.5, 0.6) is 0 Å². The molecule has 3 fully saturated rings. The number of nitrogens with zero attached hydrogens (tertiary/aromatic N) is 4. The lowest BCUT2D eigenvalue weighted by Crippen LogP contribution is -2.50. The Bertz CT molecular complexity index is 1180. The van der Waals surface area contributed by atoms with Gasteiger partial charge in [0, 0.05) is 37.4 Å². The number of piperidine rings is 1. The van der Waals surface area contributed by atoms with Gasteiger partial charge in [-0.3, -0.25) is 4.79 Å². The van der Waals surface area contributed by atoms with Gasteiger partial charge < -0.3 is 14.7 Å². The Morgan fingerprint density at radius 1 is 1.03 bits per heavy atom. The highest BCUT2D eigenvalue weighted by atomic mass is 32.1. The fourth-order valence-corrected chi connectivity index (χ4v) is 8.05. The van der Waals surface area contributed by atoms with Gasteiger partial charge in [-0.05, 0) is 69.4 Å². The highest BCUT2D eigenvalue weighted by molar-refractivity contribution is 7.16. The zero-order valence-electron chi connectivity index (χ0n) is 21.8. The summed E-state index contributed by atoms with van der Waals surface area (Å²) in [5.41, 5.74) is 3.40. The molecular formula is C29H38N4O3S. The van der Waals surface area contributed by atoms with Gasteiger partial charge in [0.1, 0.15) is 5.01 Å². The number of aromatic nitrogens is 3. The van der Waals surface area contributed by atoms with E-state index in [0.717, 1.165) is 78.8 Å². The summed E-state index contributed by atoms with van der Waals surface area (Å²) >= 11 is 1.64. The lowest BCUT2D eigenvalue weighted by atomic mass is 9.72. The number of imidazole rings is 1. The molecule has 0 radical (unpaired) electrons. The largest absolute Gasteiger partial charge is 0.481 e. The van der Waals surface area contributed by atoms with Gasteiger partial charge in [-0.25, -0.2) is 9.50 Å². The minimum absolute atomic E-state index is 0.0699. The second-order valence-electron chi connectivity index (χ2n) is 11.3. The molecule has 7 nitrogen and oxygen atoms in total. The molecule has 1 saturated heterocycles. The molecule has 1 aliphatic heterocycles. The first-order valence-corrected chi connectivity index (χ1v) is 14.9. The summed E-state index contributed by atoms with van der Waals surface area (Å²) in [5, 5.41) is 15.1. The number of carbonyl (C=O) groups is 1. The molecule has 1 N–H and O–H groups in total. The number of carboxylic acid groups (broad SMARTS) is 1. The first-order valence-electron chi connectivity index (χ1n) is 14.0. The Balaban J connectivity index is 1.09. The molecular weight excluding hydrogens is 484 g/mol. The third kappa shape index (κ3) is 4.90. The lowest BCUT2D eigenvalue weighted by molar-refractivity contribution is -0.142. The van der Waals surface area contributed by atoms with E-state index in [1.54, 1.807) is 11.3 Å². The van der Waals surface area contributed by atoms with Crippen LogP contribution < -0.4 is 4.90 Å². The van der Waals surface area contributed by atoms with Gasteiger partial charge in [0.15, 0.2) is 0 Å². The summed E-state index contributed by atoms with van der Waals surface area (Å²) in [6.45, 7) is 2.09. The molecule has 6 rings (SSSR count). The number of anilines is 1. The monoisotopic (exact) mass is 522 g/mol. The molecule has 198 valence electrons. The number of hydrogen-bond acceptors (Lipinski definition) is 6. The Hall–Kier alpha value is -2.45. The van der Waals surface area contributed by atoms with E-state index in [9.17, 15) is 9.90 Å². The van der Waals surface area contributed by atoms with Crippen LogP contribution in [0.25, 0.3) is 16.2 Å². The molecule has 0 amide bonds. The Kier molecular flexibility index (Phi) is 6.97. The third-order valence-corrected chi connectivity index (χ3v) is 10.5. The zero-order chi connectivity index (χ0) is 25.4. The molecule has 37 heavy (non-hydrogen) atoms. The molecule has 0 atom stereocenters. The van der Waals surface area contributed by atoms with Crippen molar-refractivity contribution in [3.05, 3.63) is 35.5 Å². The number of aliphatic carboxylic acids is 1. The highest BCUT2D eigenvalue weighted by Crippen LogP contribution is 2.42. The van der Waals surface area contributed by atoms with Gasteiger partial charge in [-0.1, -0.05) is 42.7 Å². The number of hydrogen-bond donors (Lipinski definition) is 1. The van der Waals surface area contributed by atoms with Crippen molar-refractivity contribution in [2.24, 2.45) is 11.8 Å². The molecule has 8 heteroatoms. The molecule has 3 heterocycles. The Morgan fingerprint density at radius 2 is 1.73 bits per heavy atom. The third-order valence-electron chi connectivity index (χ3n) is 9.38. The average molecular weight is 523 g/mol. The van der Waals surface area contributed by atoms with E-state index in [1.807, 2.05) is 17.8 Å². The van der Waals surface area contributed by atoms with E-state index < -0.39 is 5.97 Å². The predicted octanol–water partition coefficient (Wildman–Crippen LogP) is 6.38. The number of methoxy groups -OCH3 is 1. The van der Waals surface area contributed by atoms with Crippen molar-refractivity contribution >= 4 is 28.0 Å². The van der Waals surface area contributed by atoms with Crippen molar-refractivity contribution in [3.63, 3.8) is 0 Å². The van der Waals surface area contributed by atoms with E-state index in [4.69, 9.17) is 14.8 Å². The van der Waals surface area contributed by atoms with E-state index >= 15 is 0 Å². The van der Waals surface area contributed by atoms with Gasteiger partial charge in [0.05, 0.1) is 23.4 Å². The van der Waals surface area contributed by atoms with Crippen molar-refractivity contribution in [2.75, 3.05) is 25.1 Å². The molecule has 2 aliphatic carbocycles. The molecule has 2 aromatic heterocycles. The SMILES string of the molecule is COC1(C2CCCCC2)CCN(c2ccc(-c3cn4nc(C5CCC(C(=O)O)CC5)sc4n3)cc2)CC1. The van der Waals surface area contributed by atoms with Crippen LogP contribution in [0.4, 0.5) is 5.69 Å². The fourth-order valence-electron chi connectivity index (χ4n) is 7.00. The van der Waals surface area contributed by atoms with E-state index in [2.05, 4.69) is 29.2 Å². The summed E-state index contributed by atoms with van der Waals surface area (Å²) in [5.74, 6) is 0.217. The van der Waals surface area contributed by atoms with Crippen LogP contribution in [0, 0.1) is 11.8 Å². The first-order chi connectivity index (χ1) is 18.0. The van der Waals surface area contributed by atoms with Gasteiger partial charge in [-0.2, -0.15) is 5.10 Å². The normalized spacial score (nSPS) is 24.9. The topological polar surface area (TPSA) is 80.0 Å². The van der Waals surface area contributed by atoms with Gasteiger partial charge in [-0.15, -0.1) is 0 Å². The van der Waals surface area contributed by atoms with E-state index in [0.29, 0.717) is 5.92 Å². The van der Waals surface area contributed by atoms with Crippen molar-refractivity contribution < 1.29 is 14.6 Å². The van der Waals surface area contributed by atoms with Crippen molar-refractivity contribution in [3.8, 4) is 11.3 Å². The molecule has 0 spiro atoms. The van der Waals surface area contributed by atoms with Gasteiger partial charge in [0.2, 0.25) is 4.96 Å². The maximum Gasteiger partial charge on any atom is 0.306 e. The van der Waals surface area contributed by atoms with Crippen molar-refractivity contribution in [1.82, 2.24) is 14.6 Å². The van der Waals surface area contributed by atoms with E-state index in [-0.39, 0.29) is 11.5 Å². The summed E-state index contributed by atoms with van der Waals surface area (Å²) in [7, 11) is 1.93. The molecule has 1 aromatic carbocycles. The smallest absolute Gasteiger partial charge is 0.306 e. The molecule has 0 unspecified atom stereocenters. The van der Waals surface area contributed by atoms with Crippen LogP contribution in [0.3, 0.4) is 0 Å². The molecule has 3 aromatic rings. The van der Waals surface area contributed by atoms with Crippen LogP contribution >= 0.6 is 11.3 Å². The summed E-state index contributed by atoms with van der Waals surface area (Å²) < 4.78 is 8.09. The lowest BCUT2D eigenvalue weighted by Gasteiger charge is -2.47.